The lowest BCUT2D eigenvalue weighted by Gasteiger charge is -2.06. The first kappa shape index (κ1) is 13.9. The molecule has 94 valence electrons. The highest BCUT2D eigenvalue weighted by molar-refractivity contribution is 8.00. The lowest BCUT2D eigenvalue weighted by molar-refractivity contribution is 0.0696. The Morgan fingerprint density at radius 3 is 2.65 bits per heavy atom. The second kappa shape index (κ2) is 5.42. The Bertz CT molecular complexity index is 525. The minimum atomic E-state index is -3.01. The number of hydrogen-bond acceptors (Lipinski definition) is 5. The van der Waals surface area contributed by atoms with Gasteiger partial charge in [-0.25, -0.2) is 13.2 Å². The predicted molar refractivity (Wildman–Crippen MR) is 68.2 cm³/mol. The molecule has 0 unspecified atom stereocenters. The van der Waals surface area contributed by atoms with Gasteiger partial charge in [0.2, 0.25) is 0 Å². The van der Waals surface area contributed by atoms with Crippen molar-refractivity contribution in [2.75, 3.05) is 23.5 Å². The number of sulfone groups is 1. The monoisotopic (exact) mass is 275 g/mol. The van der Waals surface area contributed by atoms with Crippen LogP contribution in [0.3, 0.4) is 0 Å². The number of hydrogen-bond donors (Lipinski definition) is 2. The largest absolute Gasteiger partial charge is 0.478 e. The van der Waals surface area contributed by atoms with Crippen LogP contribution < -0.4 is 5.73 Å². The lowest BCUT2D eigenvalue weighted by atomic mass is 10.2. The van der Waals surface area contributed by atoms with Crippen molar-refractivity contribution >= 4 is 33.3 Å². The third-order valence-corrected chi connectivity index (χ3v) is 4.25. The van der Waals surface area contributed by atoms with Crippen molar-refractivity contribution < 1.29 is 18.3 Å². The van der Waals surface area contributed by atoms with Crippen molar-refractivity contribution in [2.24, 2.45) is 0 Å². The molecule has 3 N–H and O–H groups in total. The molecule has 0 aliphatic heterocycles. The highest BCUT2D eigenvalue weighted by Crippen LogP contribution is 2.26. The van der Waals surface area contributed by atoms with Crippen LogP contribution in [0.25, 0.3) is 0 Å². The molecular weight excluding hydrogens is 262 g/mol. The number of carboxylic acid groups (broad SMARTS) is 1. The Hall–Kier alpha value is -1.21. The number of carboxylic acids is 1. The van der Waals surface area contributed by atoms with E-state index < -0.39 is 15.8 Å². The van der Waals surface area contributed by atoms with Gasteiger partial charge in [0.15, 0.2) is 0 Å². The van der Waals surface area contributed by atoms with Crippen LogP contribution in [0.1, 0.15) is 10.4 Å². The summed E-state index contributed by atoms with van der Waals surface area (Å²) < 4.78 is 21.9. The van der Waals surface area contributed by atoms with Gasteiger partial charge in [0.05, 0.1) is 11.3 Å². The highest BCUT2D eigenvalue weighted by atomic mass is 32.2. The number of anilines is 1. The number of benzene rings is 1. The van der Waals surface area contributed by atoms with Crippen LogP contribution >= 0.6 is 11.8 Å². The molecular formula is C10H13NO4S2. The van der Waals surface area contributed by atoms with Gasteiger partial charge >= 0.3 is 5.97 Å². The van der Waals surface area contributed by atoms with E-state index in [0.29, 0.717) is 16.3 Å². The fourth-order valence-corrected chi connectivity index (χ4v) is 3.30. The number of rotatable bonds is 5. The van der Waals surface area contributed by atoms with Gasteiger partial charge in [-0.3, -0.25) is 0 Å². The summed E-state index contributed by atoms with van der Waals surface area (Å²) in [5.41, 5.74) is 6.27. The number of nitrogens with two attached hydrogens (primary N) is 1. The van der Waals surface area contributed by atoms with Gasteiger partial charge in [-0.1, -0.05) is 0 Å². The zero-order valence-electron chi connectivity index (χ0n) is 9.21. The second-order valence-corrected chi connectivity index (χ2v) is 6.93. The Kier molecular flexibility index (Phi) is 4.41. The maximum Gasteiger partial charge on any atom is 0.335 e. The van der Waals surface area contributed by atoms with Crippen molar-refractivity contribution in [1.82, 2.24) is 0 Å². The van der Waals surface area contributed by atoms with Gasteiger partial charge in [-0.15, -0.1) is 11.8 Å². The Balaban J connectivity index is 2.76. The smallest absolute Gasteiger partial charge is 0.335 e. The van der Waals surface area contributed by atoms with E-state index in [1.807, 2.05) is 0 Å². The summed E-state index contributed by atoms with van der Waals surface area (Å²) in [5, 5.41) is 8.81. The van der Waals surface area contributed by atoms with Gasteiger partial charge in [0.1, 0.15) is 9.84 Å². The average Bonchev–Trinajstić information content (AvgIpc) is 2.18. The van der Waals surface area contributed by atoms with Gasteiger partial charge < -0.3 is 10.8 Å². The number of nitrogen functional groups attached to an aromatic ring is 1. The SMILES string of the molecule is CS(=O)(=O)CCSc1cc(C(=O)O)ccc1N. The molecule has 0 fully saturated rings. The molecule has 0 bridgehead atoms. The molecule has 1 aromatic carbocycles. The summed E-state index contributed by atoms with van der Waals surface area (Å²) in [6, 6.07) is 4.37. The molecule has 0 saturated heterocycles. The predicted octanol–water partition coefficient (Wildman–Crippen LogP) is 1.10. The topological polar surface area (TPSA) is 97.5 Å². The zero-order chi connectivity index (χ0) is 13.1. The van der Waals surface area contributed by atoms with Crippen molar-refractivity contribution in [3.05, 3.63) is 23.8 Å². The summed E-state index contributed by atoms with van der Waals surface area (Å²) in [4.78, 5) is 11.3. The van der Waals surface area contributed by atoms with Crippen molar-refractivity contribution in [2.45, 2.75) is 4.90 Å². The molecule has 1 aromatic rings. The minimum absolute atomic E-state index is 0.0361. The van der Waals surface area contributed by atoms with Crippen LogP contribution in [0.15, 0.2) is 23.1 Å². The first-order valence-electron chi connectivity index (χ1n) is 4.73. The zero-order valence-corrected chi connectivity index (χ0v) is 10.8. The third-order valence-electron chi connectivity index (χ3n) is 1.97. The van der Waals surface area contributed by atoms with E-state index in [9.17, 15) is 13.2 Å². The molecule has 0 aromatic heterocycles. The quantitative estimate of drug-likeness (QED) is 0.617. The van der Waals surface area contributed by atoms with E-state index in [1.54, 1.807) is 0 Å². The minimum Gasteiger partial charge on any atom is -0.478 e. The number of thioether (sulfide) groups is 1. The van der Waals surface area contributed by atoms with Crippen LogP contribution in [-0.2, 0) is 9.84 Å². The van der Waals surface area contributed by atoms with Gasteiger partial charge in [-0.2, -0.15) is 0 Å². The Morgan fingerprint density at radius 1 is 1.47 bits per heavy atom. The lowest BCUT2D eigenvalue weighted by Crippen LogP contribution is -2.05. The van der Waals surface area contributed by atoms with Crippen LogP contribution in [-0.4, -0.2) is 37.3 Å². The van der Waals surface area contributed by atoms with E-state index in [-0.39, 0.29) is 11.3 Å². The Labute approximate surface area is 104 Å². The fourth-order valence-electron chi connectivity index (χ4n) is 1.10. The fraction of sp³-hybridized carbons (Fsp3) is 0.300. The van der Waals surface area contributed by atoms with Crippen LogP contribution in [0, 0.1) is 0 Å². The second-order valence-electron chi connectivity index (χ2n) is 3.54. The van der Waals surface area contributed by atoms with Crippen LogP contribution in [0.5, 0.6) is 0 Å². The van der Waals surface area contributed by atoms with Gasteiger partial charge in [-0.05, 0) is 18.2 Å². The molecule has 5 nitrogen and oxygen atoms in total. The molecule has 0 aliphatic rings. The molecule has 0 heterocycles. The van der Waals surface area contributed by atoms with Crippen LogP contribution in [0.4, 0.5) is 5.69 Å². The molecule has 7 heteroatoms. The summed E-state index contributed by atoms with van der Waals surface area (Å²) in [6.45, 7) is 0. The number of aromatic carboxylic acids is 1. The van der Waals surface area contributed by atoms with E-state index >= 15 is 0 Å². The van der Waals surface area contributed by atoms with Crippen LogP contribution in [0.2, 0.25) is 0 Å². The summed E-state index contributed by atoms with van der Waals surface area (Å²) >= 11 is 1.24. The van der Waals surface area contributed by atoms with Gasteiger partial charge in [0, 0.05) is 22.6 Å². The molecule has 0 saturated carbocycles. The highest BCUT2D eigenvalue weighted by Gasteiger charge is 2.08. The maximum absolute atomic E-state index is 10.9. The van der Waals surface area contributed by atoms with E-state index in [2.05, 4.69) is 0 Å². The summed E-state index contributed by atoms with van der Waals surface area (Å²) in [7, 11) is -3.01. The van der Waals surface area contributed by atoms with Crippen molar-refractivity contribution in [3.63, 3.8) is 0 Å². The van der Waals surface area contributed by atoms with E-state index in [1.165, 1.54) is 30.0 Å². The maximum atomic E-state index is 10.9. The average molecular weight is 275 g/mol. The standard InChI is InChI=1S/C10H13NO4S2/c1-17(14,15)5-4-16-9-6-7(10(12)13)2-3-8(9)11/h2-3,6H,4-5,11H2,1H3,(H,12,13). The molecule has 0 amide bonds. The molecule has 0 aliphatic carbocycles. The van der Waals surface area contributed by atoms with Crippen molar-refractivity contribution in [3.8, 4) is 0 Å². The van der Waals surface area contributed by atoms with Gasteiger partial charge in [0.25, 0.3) is 0 Å². The normalized spacial score (nSPS) is 11.4. The summed E-state index contributed by atoms with van der Waals surface area (Å²) in [6.07, 6.45) is 1.16. The molecule has 0 atom stereocenters. The van der Waals surface area contributed by atoms with E-state index in [4.69, 9.17) is 10.8 Å². The Morgan fingerprint density at radius 2 is 2.12 bits per heavy atom. The van der Waals surface area contributed by atoms with E-state index in [0.717, 1.165) is 6.26 Å². The third kappa shape index (κ3) is 4.66. The summed E-state index contributed by atoms with van der Waals surface area (Å²) in [5.74, 6) is -0.643. The molecule has 1 rings (SSSR count). The molecule has 0 spiro atoms. The van der Waals surface area contributed by atoms with Crippen molar-refractivity contribution in [1.29, 1.82) is 0 Å². The molecule has 0 radical (unpaired) electrons. The molecule has 17 heavy (non-hydrogen) atoms. The first-order chi connectivity index (χ1) is 7.79. The number of carbonyl (C=O) groups is 1. The first-order valence-corrected chi connectivity index (χ1v) is 7.77.